The molecule has 2 saturated heterocycles. The number of piperidine rings is 2. The number of amides is 1. The van der Waals surface area contributed by atoms with E-state index >= 15 is 0 Å². The molecule has 2 fully saturated rings. The van der Waals surface area contributed by atoms with Crippen LogP contribution in [0, 0.1) is 5.92 Å². The molecule has 1 amide bonds. The van der Waals surface area contributed by atoms with Gasteiger partial charge in [0.1, 0.15) is 0 Å². The van der Waals surface area contributed by atoms with Crippen LogP contribution in [-0.4, -0.2) is 36.5 Å². The average Bonchev–Trinajstić information content (AvgIpc) is 2.28. The number of carbonyl (C=O) groups is 1. The van der Waals surface area contributed by atoms with E-state index in [4.69, 9.17) is 0 Å². The number of nitrogens with zero attached hydrogens (tertiary/aromatic N) is 1. The Balaban J connectivity index is 1.99. The smallest absolute Gasteiger partial charge is 0.222 e. The number of rotatable bonds is 3. The lowest BCUT2D eigenvalue weighted by molar-refractivity contribution is -0.139. The number of nitrogens with one attached hydrogen (secondary N) is 1. The molecule has 0 aliphatic carbocycles. The van der Waals surface area contributed by atoms with Crippen molar-refractivity contribution < 1.29 is 4.79 Å². The molecule has 0 radical (unpaired) electrons. The van der Waals surface area contributed by atoms with Gasteiger partial charge in [-0.15, -0.1) is 0 Å². The van der Waals surface area contributed by atoms with Crippen molar-refractivity contribution in [1.82, 2.24) is 10.2 Å². The number of carbonyl (C=O) groups excluding carboxylic acids is 1. The Hall–Kier alpha value is -0.570. The van der Waals surface area contributed by atoms with Gasteiger partial charge < -0.3 is 10.2 Å². The van der Waals surface area contributed by atoms with E-state index in [-0.39, 0.29) is 0 Å². The lowest BCUT2D eigenvalue weighted by Gasteiger charge is -2.44. The summed E-state index contributed by atoms with van der Waals surface area (Å²) in [6.45, 7) is 5.36. The highest BCUT2D eigenvalue weighted by Crippen LogP contribution is 2.28. The van der Waals surface area contributed by atoms with E-state index in [2.05, 4.69) is 17.1 Å². The third-order valence-corrected chi connectivity index (χ3v) is 3.77. The molecule has 0 aromatic heterocycles. The first-order valence-corrected chi connectivity index (χ1v) is 6.33. The molecule has 86 valence electrons. The van der Waals surface area contributed by atoms with E-state index in [1.165, 1.54) is 6.42 Å². The van der Waals surface area contributed by atoms with Gasteiger partial charge in [-0.2, -0.15) is 0 Å². The van der Waals surface area contributed by atoms with Crippen molar-refractivity contribution in [2.24, 2.45) is 5.92 Å². The number of hydrogen-bond acceptors (Lipinski definition) is 2. The van der Waals surface area contributed by atoms with Gasteiger partial charge >= 0.3 is 0 Å². The Kier molecular flexibility index (Phi) is 3.62. The number of hydrogen-bond donors (Lipinski definition) is 1. The van der Waals surface area contributed by atoms with Crippen LogP contribution in [-0.2, 0) is 4.79 Å². The van der Waals surface area contributed by atoms with Crippen LogP contribution < -0.4 is 5.32 Å². The number of unbranched alkanes of at least 4 members (excludes halogenated alkanes) is 1. The minimum atomic E-state index is 0.395. The molecule has 1 N–H and O–H groups in total. The summed E-state index contributed by atoms with van der Waals surface area (Å²) >= 11 is 0. The summed E-state index contributed by atoms with van der Waals surface area (Å²) in [4.78, 5) is 14.0. The molecule has 0 spiro atoms. The van der Waals surface area contributed by atoms with Crippen LogP contribution in [0.3, 0.4) is 0 Å². The standard InChI is InChI=1S/C12H22N2O/c1-2-3-8-14-11-6-7-13-9-10(11)4-5-12(14)15/h10-11,13H,2-9H2,1H3. The molecule has 0 aromatic rings. The monoisotopic (exact) mass is 210 g/mol. The number of fused-ring (bicyclic) bond motifs is 1. The summed E-state index contributed by atoms with van der Waals surface area (Å²) in [5, 5.41) is 3.44. The van der Waals surface area contributed by atoms with Crippen LogP contribution in [0.1, 0.15) is 39.0 Å². The fraction of sp³-hybridized carbons (Fsp3) is 0.917. The Morgan fingerprint density at radius 1 is 1.47 bits per heavy atom. The predicted octanol–water partition coefficient (Wildman–Crippen LogP) is 1.39. The quantitative estimate of drug-likeness (QED) is 0.763. The minimum Gasteiger partial charge on any atom is -0.339 e. The molecule has 3 nitrogen and oxygen atoms in total. The second kappa shape index (κ2) is 4.97. The van der Waals surface area contributed by atoms with Crippen LogP contribution in [0.25, 0.3) is 0 Å². The molecule has 3 heteroatoms. The van der Waals surface area contributed by atoms with Gasteiger partial charge in [0.25, 0.3) is 0 Å². The third kappa shape index (κ3) is 2.33. The second-order valence-electron chi connectivity index (χ2n) is 4.80. The molecule has 2 unspecified atom stereocenters. The second-order valence-corrected chi connectivity index (χ2v) is 4.80. The van der Waals surface area contributed by atoms with Gasteiger partial charge in [-0.1, -0.05) is 13.3 Å². The van der Waals surface area contributed by atoms with Gasteiger partial charge in [0.2, 0.25) is 5.91 Å². The lowest BCUT2D eigenvalue weighted by atomic mass is 9.84. The highest BCUT2D eigenvalue weighted by atomic mass is 16.2. The van der Waals surface area contributed by atoms with Crippen molar-refractivity contribution in [3.05, 3.63) is 0 Å². The summed E-state index contributed by atoms with van der Waals surface area (Å²) in [6.07, 6.45) is 5.35. The SMILES string of the molecule is CCCCN1C(=O)CCC2CNCCC21. The van der Waals surface area contributed by atoms with Gasteiger partial charge in [-0.3, -0.25) is 4.79 Å². The molecule has 2 aliphatic heterocycles. The zero-order chi connectivity index (χ0) is 10.7. The van der Waals surface area contributed by atoms with Crippen molar-refractivity contribution in [1.29, 1.82) is 0 Å². The van der Waals surface area contributed by atoms with Crippen LogP contribution in [0.4, 0.5) is 0 Å². The molecule has 0 aromatic carbocycles. The first kappa shape index (κ1) is 10.9. The lowest BCUT2D eigenvalue weighted by Crippen LogP contribution is -2.55. The first-order valence-electron chi connectivity index (χ1n) is 6.33. The zero-order valence-electron chi connectivity index (χ0n) is 9.67. The maximum absolute atomic E-state index is 11.9. The molecule has 2 heterocycles. The van der Waals surface area contributed by atoms with Crippen LogP contribution >= 0.6 is 0 Å². The highest BCUT2D eigenvalue weighted by Gasteiger charge is 2.36. The molecule has 0 saturated carbocycles. The fourth-order valence-corrected chi connectivity index (χ4v) is 2.87. The molecule has 0 bridgehead atoms. The predicted molar refractivity (Wildman–Crippen MR) is 60.6 cm³/mol. The molecule has 2 rings (SSSR count). The van der Waals surface area contributed by atoms with E-state index in [0.29, 0.717) is 17.9 Å². The summed E-state index contributed by atoms with van der Waals surface area (Å²) in [6, 6.07) is 0.541. The summed E-state index contributed by atoms with van der Waals surface area (Å²) in [5.74, 6) is 1.11. The van der Waals surface area contributed by atoms with Crippen LogP contribution in [0.5, 0.6) is 0 Å². The molecule has 15 heavy (non-hydrogen) atoms. The first-order chi connectivity index (χ1) is 7.33. The van der Waals surface area contributed by atoms with E-state index in [1.54, 1.807) is 0 Å². The molecular weight excluding hydrogens is 188 g/mol. The highest BCUT2D eigenvalue weighted by molar-refractivity contribution is 5.77. The Labute approximate surface area is 92.2 Å². The van der Waals surface area contributed by atoms with E-state index in [1.807, 2.05) is 0 Å². The largest absolute Gasteiger partial charge is 0.339 e. The minimum absolute atomic E-state index is 0.395. The zero-order valence-corrected chi connectivity index (χ0v) is 9.67. The normalized spacial score (nSPS) is 31.5. The fourth-order valence-electron chi connectivity index (χ4n) is 2.87. The van der Waals surface area contributed by atoms with Crippen molar-refractivity contribution in [2.75, 3.05) is 19.6 Å². The number of likely N-dealkylation sites (tertiary alicyclic amines) is 1. The van der Waals surface area contributed by atoms with Crippen molar-refractivity contribution in [2.45, 2.75) is 45.1 Å². The average molecular weight is 210 g/mol. The van der Waals surface area contributed by atoms with E-state index in [9.17, 15) is 4.79 Å². The van der Waals surface area contributed by atoms with Gasteiger partial charge in [-0.05, 0) is 38.3 Å². The molecule has 2 aliphatic rings. The van der Waals surface area contributed by atoms with Gasteiger partial charge in [0.05, 0.1) is 0 Å². The van der Waals surface area contributed by atoms with E-state index < -0.39 is 0 Å². The maximum Gasteiger partial charge on any atom is 0.222 e. The summed E-state index contributed by atoms with van der Waals surface area (Å²) in [5.41, 5.74) is 0. The Morgan fingerprint density at radius 2 is 2.33 bits per heavy atom. The van der Waals surface area contributed by atoms with Crippen molar-refractivity contribution in [3.63, 3.8) is 0 Å². The maximum atomic E-state index is 11.9. The molecular formula is C12H22N2O. The topological polar surface area (TPSA) is 32.3 Å². The van der Waals surface area contributed by atoms with Crippen molar-refractivity contribution in [3.8, 4) is 0 Å². The van der Waals surface area contributed by atoms with Gasteiger partial charge in [0.15, 0.2) is 0 Å². The Bertz CT molecular complexity index is 230. The summed E-state index contributed by atoms with van der Waals surface area (Å²) < 4.78 is 0. The third-order valence-electron chi connectivity index (χ3n) is 3.77. The molecule has 2 atom stereocenters. The van der Waals surface area contributed by atoms with Crippen LogP contribution in [0.2, 0.25) is 0 Å². The summed E-state index contributed by atoms with van der Waals surface area (Å²) in [7, 11) is 0. The van der Waals surface area contributed by atoms with Crippen LogP contribution in [0.15, 0.2) is 0 Å². The van der Waals surface area contributed by atoms with Crippen molar-refractivity contribution >= 4 is 5.91 Å². The Morgan fingerprint density at radius 3 is 3.13 bits per heavy atom. The van der Waals surface area contributed by atoms with E-state index in [0.717, 1.165) is 45.3 Å². The van der Waals surface area contributed by atoms with Gasteiger partial charge in [-0.25, -0.2) is 0 Å². The van der Waals surface area contributed by atoms with Gasteiger partial charge in [0, 0.05) is 19.0 Å².